The Hall–Kier alpha value is -1.92. The molecule has 2 aromatic rings. The van der Waals surface area contributed by atoms with E-state index in [1.807, 2.05) is 0 Å². The predicted octanol–water partition coefficient (Wildman–Crippen LogP) is 2.73. The van der Waals surface area contributed by atoms with Crippen molar-refractivity contribution in [3.8, 4) is 0 Å². The van der Waals surface area contributed by atoms with Gasteiger partial charge in [-0.05, 0) is 35.3 Å². The van der Waals surface area contributed by atoms with Gasteiger partial charge in [0.25, 0.3) is 0 Å². The van der Waals surface area contributed by atoms with Gasteiger partial charge in [0.15, 0.2) is 0 Å². The maximum absolute atomic E-state index is 11.7. The van der Waals surface area contributed by atoms with Crippen LogP contribution in [0.4, 0.5) is 11.6 Å². The Labute approximate surface area is 125 Å². The lowest BCUT2D eigenvalue weighted by Crippen LogP contribution is -2.17. The van der Waals surface area contributed by atoms with E-state index in [4.69, 9.17) is 27.9 Å². The largest absolute Gasteiger partial charge is 0.465 e. The van der Waals surface area contributed by atoms with Gasteiger partial charge in [-0.25, -0.2) is 4.79 Å². The van der Waals surface area contributed by atoms with Gasteiger partial charge in [0, 0.05) is 7.05 Å². The fourth-order valence-electron chi connectivity index (χ4n) is 1.62. The molecule has 0 radical (unpaired) electrons. The van der Waals surface area contributed by atoms with Crippen molar-refractivity contribution < 1.29 is 9.53 Å². The molecule has 0 unspecified atom stereocenters. The lowest BCUT2D eigenvalue weighted by Gasteiger charge is -2.19. The van der Waals surface area contributed by atoms with Crippen molar-refractivity contribution in [2.45, 2.75) is 0 Å². The zero-order chi connectivity index (χ0) is 14.7. The third kappa shape index (κ3) is 2.97. The van der Waals surface area contributed by atoms with Crippen molar-refractivity contribution in [3.05, 3.63) is 40.4 Å². The Morgan fingerprint density at radius 1 is 1.15 bits per heavy atom. The normalized spacial score (nSPS) is 10.2. The van der Waals surface area contributed by atoms with E-state index in [1.165, 1.54) is 7.11 Å². The first kappa shape index (κ1) is 14.5. The molecule has 0 saturated heterocycles. The number of halogens is 2. The number of para-hydroxylation sites is 1. The summed E-state index contributed by atoms with van der Waals surface area (Å²) < 4.78 is 4.74. The van der Waals surface area contributed by atoms with Gasteiger partial charge in [0.1, 0.15) is 0 Å². The van der Waals surface area contributed by atoms with Crippen LogP contribution in [0.1, 0.15) is 10.4 Å². The standard InChI is InChI=1S/C12H10Cl2N4O2/c1-18(12-16-10(13)15-11(14)17-12)8-6-4-3-5-7(8)9(19)20-2/h3-6H,1-2H3. The third-order valence-electron chi connectivity index (χ3n) is 2.54. The SMILES string of the molecule is COC(=O)c1ccccc1N(C)c1nc(Cl)nc(Cl)n1. The van der Waals surface area contributed by atoms with Crippen LogP contribution in [0.2, 0.25) is 10.6 Å². The summed E-state index contributed by atoms with van der Waals surface area (Å²) in [4.78, 5) is 24.9. The molecule has 0 spiro atoms. The van der Waals surface area contributed by atoms with Crippen LogP contribution in [-0.2, 0) is 4.74 Å². The second-order valence-electron chi connectivity index (χ2n) is 3.74. The molecule has 1 heterocycles. The van der Waals surface area contributed by atoms with Crippen molar-refractivity contribution in [3.63, 3.8) is 0 Å². The highest BCUT2D eigenvalue weighted by Crippen LogP contribution is 2.26. The zero-order valence-electron chi connectivity index (χ0n) is 10.7. The smallest absolute Gasteiger partial charge is 0.339 e. The second kappa shape index (κ2) is 6.02. The van der Waals surface area contributed by atoms with Crippen molar-refractivity contribution in [1.29, 1.82) is 0 Å². The molecule has 0 aliphatic carbocycles. The van der Waals surface area contributed by atoms with Gasteiger partial charge in [-0.3, -0.25) is 0 Å². The summed E-state index contributed by atoms with van der Waals surface area (Å²) >= 11 is 11.5. The van der Waals surface area contributed by atoms with Crippen LogP contribution in [0.3, 0.4) is 0 Å². The van der Waals surface area contributed by atoms with Crippen LogP contribution in [0.15, 0.2) is 24.3 Å². The van der Waals surface area contributed by atoms with Gasteiger partial charge in [-0.1, -0.05) is 12.1 Å². The van der Waals surface area contributed by atoms with Gasteiger partial charge in [-0.15, -0.1) is 0 Å². The number of methoxy groups -OCH3 is 1. The van der Waals surface area contributed by atoms with E-state index in [1.54, 1.807) is 36.2 Å². The van der Waals surface area contributed by atoms with Crippen LogP contribution in [0.5, 0.6) is 0 Å². The van der Waals surface area contributed by atoms with Gasteiger partial charge in [-0.2, -0.15) is 15.0 Å². The highest BCUT2D eigenvalue weighted by molar-refractivity contribution is 6.31. The zero-order valence-corrected chi connectivity index (χ0v) is 12.2. The second-order valence-corrected chi connectivity index (χ2v) is 4.42. The molecule has 0 fully saturated rings. The Bertz CT molecular complexity index is 631. The summed E-state index contributed by atoms with van der Waals surface area (Å²) in [6.07, 6.45) is 0. The molecule has 1 aromatic carbocycles. The molecule has 104 valence electrons. The van der Waals surface area contributed by atoms with E-state index in [2.05, 4.69) is 15.0 Å². The minimum absolute atomic E-state index is 0.0256. The van der Waals surface area contributed by atoms with E-state index in [0.717, 1.165) is 0 Å². The minimum Gasteiger partial charge on any atom is -0.465 e. The number of esters is 1. The first-order valence-electron chi connectivity index (χ1n) is 5.51. The van der Waals surface area contributed by atoms with E-state index < -0.39 is 5.97 Å². The van der Waals surface area contributed by atoms with Crippen LogP contribution in [0.25, 0.3) is 0 Å². The lowest BCUT2D eigenvalue weighted by molar-refractivity contribution is 0.0601. The van der Waals surface area contributed by atoms with E-state index in [0.29, 0.717) is 11.3 Å². The van der Waals surface area contributed by atoms with Crippen molar-refractivity contribution >= 4 is 40.8 Å². The molecular weight excluding hydrogens is 303 g/mol. The Morgan fingerprint density at radius 3 is 2.35 bits per heavy atom. The van der Waals surface area contributed by atoms with Crippen LogP contribution < -0.4 is 4.90 Å². The predicted molar refractivity (Wildman–Crippen MR) is 75.7 cm³/mol. The van der Waals surface area contributed by atoms with Crippen molar-refractivity contribution in [2.24, 2.45) is 0 Å². The number of ether oxygens (including phenoxy) is 1. The average Bonchev–Trinajstić information content (AvgIpc) is 2.44. The van der Waals surface area contributed by atoms with E-state index in [9.17, 15) is 4.79 Å². The molecule has 6 nitrogen and oxygen atoms in total. The maximum atomic E-state index is 11.7. The van der Waals surface area contributed by atoms with Crippen molar-refractivity contribution in [1.82, 2.24) is 15.0 Å². The van der Waals surface area contributed by atoms with Gasteiger partial charge >= 0.3 is 5.97 Å². The summed E-state index contributed by atoms with van der Waals surface area (Å²) in [5.74, 6) is -0.231. The summed E-state index contributed by atoms with van der Waals surface area (Å²) in [7, 11) is 3.00. The fraction of sp³-hybridized carbons (Fsp3) is 0.167. The molecular formula is C12H10Cl2N4O2. The molecule has 1 aromatic heterocycles. The molecule has 0 amide bonds. The number of hydrogen-bond donors (Lipinski definition) is 0. The topological polar surface area (TPSA) is 68.2 Å². The number of nitrogens with zero attached hydrogens (tertiary/aromatic N) is 4. The Balaban J connectivity index is 2.48. The number of benzene rings is 1. The average molecular weight is 313 g/mol. The number of rotatable bonds is 3. The quantitative estimate of drug-likeness (QED) is 0.812. The molecule has 0 aliphatic heterocycles. The Morgan fingerprint density at radius 2 is 1.75 bits per heavy atom. The molecule has 20 heavy (non-hydrogen) atoms. The van der Waals surface area contributed by atoms with Crippen LogP contribution >= 0.6 is 23.2 Å². The molecule has 8 heteroatoms. The van der Waals surface area contributed by atoms with E-state index in [-0.39, 0.29) is 16.5 Å². The highest BCUT2D eigenvalue weighted by atomic mass is 35.5. The summed E-state index contributed by atoms with van der Waals surface area (Å²) in [5.41, 5.74) is 0.947. The number of carbonyl (C=O) groups excluding carboxylic acids is 1. The van der Waals surface area contributed by atoms with Crippen LogP contribution in [0, 0.1) is 0 Å². The fourth-order valence-corrected chi connectivity index (χ4v) is 1.98. The number of anilines is 2. The number of aromatic nitrogens is 3. The first-order chi connectivity index (χ1) is 9.52. The molecule has 0 bridgehead atoms. The van der Waals surface area contributed by atoms with Crippen LogP contribution in [-0.4, -0.2) is 35.1 Å². The minimum atomic E-state index is -0.460. The summed E-state index contributed by atoms with van der Waals surface area (Å²) in [6.45, 7) is 0. The Kier molecular flexibility index (Phi) is 4.36. The molecule has 0 aliphatic rings. The summed E-state index contributed by atoms with van der Waals surface area (Å²) in [6, 6.07) is 6.89. The van der Waals surface area contributed by atoms with Crippen molar-refractivity contribution in [2.75, 3.05) is 19.1 Å². The van der Waals surface area contributed by atoms with Gasteiger partial charge in [0.2, 0.25) is 16.5 Å². The lowest BCUT2D eigenvalue weighted by atomic mass is 10.1. The molecule has 0 saturated carbocycles. The first-order valence-corrected chi connectivity index (χ1v) is 6.26. The van der Waals surface area contributed by atoms with Gasteiger partial charge < -0.3 is 9.64 Å². The monoisotopic (exact) mass is 312 g/mol. The molecule has 0 N–H and O–H groups in total. The highest BCUT2D eigenvalue weighted by Gasteiger charge is 2.17. The maximum Gasteiger partial charge on any atom is 0.339 e. The summed E-state index contributed by atoms with van der Waals surface area (Å²) in [5, 5.41) is -0.0511. The number of carbonyl (C=O) groups is 1. The van der Waals surface area contributed by atoms with E-state index >= 15 is 0 Å². The molecule has 2 rings (SSSR count). The van der Waals surface area contributed by atoms with Gasteiger partial charge in [0.05, 0.1) is 18.4 Å². The number of hydrogen-bond acceptors (Lipinski definition) is 6. The molecule has 0 atom stereocenters. The third-order valence-corrected chi connectivity index (χ3v) is 2.88.